The Morgan fingerprint density at radius 1 is 1.32 bits per heavy atom. The van der Waals surface area contributed by atoms with Crippen molar-refractivity contribution in [1.29, 1.82) is 0 Å². The highest BCUT2D eigenvalue weighted by Gasteiger charge is 2.31. The van der Waals surface area contributed by atoms with E-state index < -0.39 is 34.9 Å². The predicted molar refractivity (Wildman–Crippen MR) is 86.7 cm³/mol. The molecular formula is C17H18F2N2O4. The lowest BCUT2D eigenvalue weighted by molar-refractivity contribution is -0.156. The van der Waals surface area contributed by atoms with Gasteiger partial charge in [-0.05, 0) is 51.5 Å². The summed E-state index contributed by atoms with van der Waals surface area (Å²) in [7, 11) is 0. The maximum absolute atomic E-state index is 13.4. The zero-order valence-corrected chi connectivity index (χ0v) is 14.3. The van der Waals surface area contributed by atoms with Crippen molar-refractivity contribution >= 4 is 23.8 Å². The minimum Gasteiger partial charge on any atom is -0.503 e. The third kappa shape index (κ3) is 4.40. The number of benzene rings is 1. The number of phenols is 1. The summed E-state index contributed by atoms with van der Waals surface area (Å²) in [4.78, 5) is 29.4. The van der Waals surface area contributed by atoms with Gasteiger partial charge in [-0.2, -0.15) is 0 Å². The number of ether oxygens (including phenoxy) is 1. The molecule has 1 heterocycles. The SMILES string of the molecule is CC1=N/C(=C\c2cc(F)c(O)c(F)c2)C(=O)N1CC(=O)OC(C)(C)C. The molecule has 0 saturated carbocycles. The Bertz CT molecular complexity index is 771. The number of carbonyl (C=O) groups is 2. The van der Waals surface area contributed by atoms with E-state index in [1.165, 1.54) is 13.0 Å². The third-order valence-corrected chi connectivity index (χ3v) is 3.19. The van der Waals surface area contributed by atoms with Gasteiger partial charge < -0.3 is 9.84 Å². The second kappa shape index (κ2) is 6.62. The molecule has 0 unspecified atom stereocenters. The average Bonchev–Trinajstić information content (AvgIpc) is 2.70. The van der Waals surface area contributed by atoms with Gasteiger partial charge in [-0.3, -0.25) is 14.5 Å². The summed E-state index contributed by atoms with van der Waals surface area (Å²) < 4.78 is 31.9. The van der Waals surface area contributed by atoms with E-state index in [9.17, 15) is 18.4 Å². The number of carbonyl (C=O) groups excluding carboxylic acids is 2. The fraction of sp³-hybridized carbons (Fsp3) is 0.353. The van der Waals surface area contributed by atoms with Gasteiger partial charge in [0.25, 0.3) is 5.91 Å². The molecule has 8 heteroatoms. The van der Waals surface area contributed by atoms with Gasteiger partial charge in [0.05, 0.1) is 0 Å². The molecule has 0 aliphatic carbocycles. The van der Waals surface area contributed by atoms with Crippen LogP contribution in [0.25, 0.3) is 6.08 Å². The average molecular weight is 352 g/mol. The summed E-state index contributed by atoms with van der Waals surface area (Å²) in [6.07, 6.45) is 1.17. The topological polar surface area (TPSA) is 79.2 Å². The molecule has 1 amide bonds. The maximum atomic E-state index is 13.4. The summed E-state index contributed by atoms with van der Waals surface area (Å²) in [5.74, 6) is -4.31. The van der Waals surface area contributed by atoms with Crippen LogP contribution in [0.2, 0.25) is 0 Å². The number of halogens is 2. The largest absolute Gasteiger partial charge is 0.503 e. The zero-order chi connectivity index (χ0) is 18.9. The Morgan fingerprint density at radius 3 is 2.40 bits per heavy atom. The van der Waals surface area contributed by atoms with Crippen LogP contribution < -0.4 is 0 Å². The molecule has 6 nitrogen and oxygen atoms in total. The lowest BCUT2D eigenvalue weighted by Crippen LogP contribution is -2.38. The van der Waals surface area contributed by atoms with E-state index in [4.69, 9.17) is 9.84 Å². The Morgan fingerprint density at radius 2 is 1.88 bits per heavy atom. The second-order valence-corrected chi connectivity index (χ2v) is 6.50. The van der Waals surface area contributed by atoms with Crippen molar-refractivity contribution in [1.82, 2.24) is 4.90 Å². The number of amides is 1. The Hall–Kier alpha value is -2.77. The molecule has 0 spiro atoms. The normalized spacial score (nSPS) is 16.4. The standard InChI is InChI=1S/C17H18F2N2O4/c1-9-20-13(7-10-5-11(18)15(23)12(19)6-10)16(24)21(9)8-14(22)25-17(2,3)4/h5-7,23H,8H2,1-4H3/b13-7-. The van der Waals surface area contributed by atoms with Crippen molar-refractivity contribution in [3.05, 3.63) is 35.0 Å². The molecule has 0 atom stereocenters. The minimum absolute atomic E-state index is 0.0202. The first-order chi connectivity index (χ1) is 11.5. The van der Waals surface area contributed by atoms with Crippen LogP contribution in [-0.4, -0.2) is 39.9 Å². The van der Waals surface area contributed by atoms with Gasteiger partial charge >= 0.3 is 5.97 Å². The number of nitrogens with zero attached hydrogens (tertiary/aromatic N) is 2. The van der Waals surface area contributed by atoms with Gasteiger partial charge in [-0.1, -0.05) is 0 Å². The number of aromatic hydroxyl groups is 1. The van der Waals surface area contributed by atoms with E-state index in [1.54, 1.807) is 20.8 Å². The van der Waals surface area contributed by atoms with Crippen LogP contribution >= 0.6 is 0 Å². The molecule has 1 N–H and O–H groups in total. The molecule has 0 fully saturated rings. The lowest BCUT2D eigenvalue weighted by Gasteiger charge is -2.22. The molecule has 25 heavy (non-hydrogen) atoms. The van der Waals surface area contributed by atoms with Gasteiger partial charge in [0.15, 0.2) is 17.4 Å². The fourth-order valence-electron chi connectivity index (χ4n) is 2.18. The minimum atomic E-state index is -1.15. The van der Waals surface area contributed by atoms with Crippen LogP contribution in [0, 0.1) is 11.6 Å². The molecule has 1 aliphatic rings. The van der Waals surface area contributed by atoms with Crippen LogP contribution in [0.5, 0.6) is 5.75 Å². The van der Waals surface area contributed by atoms with Crippen LogP contribution in [-0.2, 0) is 14.3 Å². The van der Waals surface area contributed by atoms with Crippen LogP contribution in [0.3, 0.4) is 0 Å². The van der Waals surface area contributed by atoms with E-state index in [-0.39, 0.29) is 23.6 Å². The van der Waals surface area contributed by atoms with Crippen LogP contribution in [0.4, 0.5) is 8.78 Å². The van der Waals surface area contributed by atoms with Crippen molar-refractivity contribution in [2.45, 2.75) is 33.3 Å². The highest BCUT2D eigenvalue weighted by molar-refractivity contribution is 6.14. The molecular weight excluding hydrogens is 334 g/mol. The zero-order valence-electron chi connectivity index (χ0n) is 14.3. The van der Waals surface area contributed by atoms with E-state index in [0.29, 0.717) is 0 Å². The highest BCUT2D eigenvalue weighted by atomic mass is 19.1. The van der Waals surface area contributed by atoms with Crippen molar-refractivity contribution in [2.75, 3.05) is 6.54 Å². The van der Waals surface area contributed by atoms with Crippen molar-refractivity contribution < 1.29 is 28.2 Å². The van der Waals surface area contributed by atoms with Gasteiger partial charge in [0.1, 0.15) is 23.7 Å². The quantitative estimate of drug-likeness (QED) is 0.670. The highest BCUT2D eigenvalue weighted by Crippen LogP contribution is 2.24. The number of rotatable bonds is 3. The second-order valence-electron chi connectivity index (χ2n) is 6.50. The van der Waals surface area contributed by atoms with Gasteiger partial charge in [-0.15, -0.1) is 0 Å². The van der Waals surface area contributed by atoms with E-state index in [1.807, 2.05) is 0 Å². The molecule has 2 rings (SSSR count). The molecule has 1 aromatic carbocycles. The number of amidine groups is 1. The van der Waals surface area contributed by atoms with E-state index in [0.717, 1.165) is 17.0 Å². The Kier molecular flexibility index (Phi) is 4.92. The van der Waals surface area contributed by atoms with Crippen LogP contribution in [0.1, 0.15) is 33.3 Å². The summed E-state index contributed by atoms with van der Waals surface area (Å²) in [5.41, 5.74) is -0.748. The number of esters is 1. The molecule has 134 valence electrons. The molecule has 0 aromatic heterocycles. The summed E-state index contributed by atoms with van der Waals surface area (Å²) in [6.45, 7) is 6.33. The molecule has 0 saturated heterocycles. The summed E-state index contributed by atoms with van der Waals surface area (Å²) in [6, 6.07) is 1.75. The first-order valence-electron chi connectivity index (χ1n) is 7.46. The van der Waals surface area contributed by atoms with Crippen LogP contribution in [0.15, 0.2) is 22.8 Å². The summed E-state index contributed by atoms with van der Waals surface area (Å²) in [5, 5.41) is 9.09. The maximum Gasteiger partial charge on any atom is 0.326 e. The predicted octanol–water partition coefficient (Wildman–Crippen LogP) is 2.61. The monoisotopic (exact) mass is 352 g/mol. The van der Waals surface area contributed by atoms with Gasteiger partial charge in [-0.25, -0.2) is 13.8 Å². The molecule has 1 aliphatic heterocycles. The van der Waals surface area contributed by atoms with Gasteiger partial charge in [0, 0.05) is 0 Å². The number of hydrogen-bond acceptors (Lipinski definition) is 5. The van der Waals surface area contributed by atoms with Gasteiger partial charge in [0.2, 0.25) is 0 Å². The number of hydrogen-bond donors (Lipinski definition) is 1. The molecule has 0 bridgehead atoms. The Labute approximate surface area is 143 Å². The summed E-state index contributed by atoms with van der Waals surface area (Å²) >= 11 is 0. The van der Waals surface area contributed by atoms with Crippen molar-refractivity contribution in [2.24, 2.45) is 4.99 Å². The Balaban J connectivity index is 2.21. The molecule has 1 aromatic rings. The van der Waals surface area contributed by atoms with E-state index >= 15 is 0 Å². The smallest absolute Gasteiger partial charge is 0.326 e. The fourth-order valence-corrected chi connectivity index (χ4v) is 2.18. The van der Waals surface area contributed by atoms with E-state index in [2.05, 4.69) is 4.99 Å². The molecule has 0 radical (unpaired) electrons. The first-order valence-corrected chi connectivity index (χ1v) is 7.46. The lowest BCUT2D eigenvalue weighted by atomic mass is 10.1. The van der Waals surface area contributed by atoms with Crippen molar-refractivity contribution in [3.8, 4) is 5.75 Å². The first kappa shape index (κ1) is 18.6. The third-order valence-electron chi connectivity index (χ3n) is 3.19. The number of phenolic OH excluding ortho intramolecular Hbond substituents is 1. The van der Waals surface area contributed by atoms with Crippen molar-refractivity contribution in [3.63, 3.8) is 0 Å². The number of aliphatic imine (C=N–C) groups is 1.